The Morgan fingerprint density at radius 2 is 2.08 bits per heavy atom. The van der Waals surface area contributed by atoms with E-state index in [0.717, 1.165) is 11.3 Å². The molecule has 0 aliphatic rings. The van der Waals surface area contributed by atoms with E-state index >= 15 is 0 Å². The molecule has 24 heavy (non-hydrogen) atoms. The summed E-state index contributed by atoms with van der Waals surface area (Å²) < 4.78 is 29.7. The molecule has 1 heterocycles. The summed E-state index contributed by atoms with van der Waals surface area (Å²) in [6.07, 6.45) is 0.939. The number of methoxy groups -OCH3 is 1. The zero-order chi connectivity index (χ0) is 17.9. The van der Waals surface area contributed by atoms with Crippen molar-refractivity contribution >= 4 is 43.5 Å². The van der Waals surface area contributed by atoms with Crippen molar-refractivity contribution in [2.24, 2.45) is 10.1 Å². The first kappa shape index (κ1) is 18.3. The van der Waals surface area contributed by atoms with Crippen LogP contribution in [0, 0.1) is 0 Å². The third-order valence-corrected chi connectivity index (χ3v) is 5.13. The van der Waals surface area contributed by atoms with Crippen LogP contribution in [0.5, 0.6) is 0 Å². The summed E-state index contributed by atoms with van der Waals surface area (Å²) in [5.74, 6) is -0.816. The second kappa shape index (κ2) is 7.24. The number of benzene rings is 1. The van der Waals surface area contributed by atoms with Crippen LogP contribution in [0.15, 0.2) is 28.1 Å². The van der Waals surface area contributed by atoms with Gasteiger partial charge in [0.1, 0.15) is 6.54 Å². The Bertz CT molecular complexity index is 956. The minimum atomic E-state index is -3.85. The summed E-state index contributed by atoms with van der Waals surface area (Å²) in [4.78, 5) is 27.7. The van der Waals surface area contributed by atoms with Crippen molar-refractivity contribution in [1.29, 1.82) is 0 Å². The van der Waals surface area contributed by atoms with Crippen LogP contribution in [0.2, 0.25) is 0 Å². The topological polar surface area (TPSA) is 121 Å². The lowest BCUT2D eigenvalue weighted by Crippen LogP contribution is -2.22. The SMILES string of the molecule is CCCC(=O)N=c1sc2cc(S(N)(=O)=O)ccc2n1CC(=O)OC. The number of hydrogen-bond acceptors (Lipinski definition) is 6. The van der Waals surface area contributed by atoms with E-state index in [4.69, 9.17) is 5.14 Å². The highest BCUT2D eigenvalue weighted by molar-refractivity contribution is 7.89. The van der Waals surface area contributed by atoms with E-state index in [1.807, 2.05) is 6.92 Å². The number of nitrogens with zero attached hydrogens (tertiary/aromatic N) is 2. The summed E-state index contributed by atoms with van der Waals surface area (Å²) >= 11 is 1.11. The van der Waals surface area contributed by atoms with Gasteiger partial charge < -0.3 is 9.30 Å². The third kappa shape index (κ3) is 4.08. The van der Waals surface area contributed by atoms with Crippen molar-refractivity contribution in [2.75, 3.05) is 7.11 Å². The van der Waals surface area contributed by atoms with Gasteiger partial charge in [-0.2, -0.15) is 4.99 Å². The molecule has 0 saturated heterocycles. The fourth-order valence-corrected chi connectivity index (χ4v) is 3.74. The van der Waals surface area contributed by atoms with Gasteiger partial charge in [0.05, 0.1) is 22.2 Å². The van der Waals surface area contributed by atoms with Crippen LogP contribution in [0.4, 0.5) is 0 Å². The van der Waals surface area contributed by atoms with Gasteiger partial charge in [-0.15, -0.1) is 0 Å². The molecule has 0 spiro atoms. The van der Waals surface area contributed by atoms with Gasteiger partial charge in [-0.25, -0.2) is 13.6 Å². The molecule has 0 radical (unpaired) electrons. The molecule has 0 unspecified atom stereocenters. The Labute approximate surface area is 142 Å². The molecule has 8 nitrogen and oxygen atoms in total. The van der Waals surface area contributed by atoms with Crippen LogP contribution in [0.1, 0.15) is 19.8 Å². The Hall–Kier alpha value is -2.04. The molecule has 0 bridgehead atoms. The molecule has 2 N–H and O–H groups in total. The fourth-order valence-electron chi connectivity index (χ4n) is 2.04. The van der Waals surface area contributed by atoms with Crippen LogP contribution >= 0.6 is 11.3 Å². The van der Waals surface area contributed by atoms with Crippen molar-refractivity contribution < 1.29 is 22.7 Å². The molecule has 0 atom stereocenters. The van der Waals surface area contributed by atoms with E-state index in [9.17, 15) is 18.0 Å². The number of hydrogen-bond donors (Lipinski definition) is 1. The molecule has 1 aromatic heterocycles. The van der Waals surface area contributed by atoms with E-state index in [0.29, 0.717) is 21.4 Å². The second-order valence-electron chi connectivity index (χ2n) is 4.98. The zero-order valence-electron chi connectivity index (χ0n) is 13.2. The lowest BCUT2D eigenvalue weighted by atomic mass is 10.3. The average Bonchev–Trinajstić information content (AvgIpc) is 2.83. The van der Waals surface area contributed by atoms with Crippen molar-refractivity contribution in [2.45, 2.75) is 31.2 Å². The van der Waals surface area contributed by atoms with E-state index < -0.39 is 16.0 Å². The molecular weight excluding hydrogens is 354 g/mol. The summed E-state index contributed by atoms with van der Waals surface area (Å²) in [6, 6.07) is 4.26. The molecule has 130 valence electrons. The second-order valence-corrected chi connectivity index (χ2v) is 7.55. The molecule has 1 aromatic carbocycles. The van der Waals surface area contributed by atoms with E-state index in [1.165, 1.54) is 29.9 Å². The number of carbonyl (C=O) groups excluding carboxylic acids is 2. The van der Waals surface area contributed by atoms with Gasteiger partial charge >= 0.3 is 5.97 Å². The minimum absolute atomic E-state index is 0.0482. The highest BCUT2D eigenvalue weighted by Crippen LogP contribution is 2.21. The number of thiazole rings is 1. The maximum absolute atomic E-state index is 11.8. The molecule has 2 rings (SSSR count). The van der Waals surface area contributed by atoms with Gasteiger partial charge in [-0.05, 0) is 24.6 Å². The van der Waals surface area contributed by atoms with Gasteiger partial charge in [-0.1, -0.05) is 18.3 Å². The Balaban J connectivity index is 2.68. The molecule has 10 heteroatoms. The number of amides is 1. The van der Waals surface area contributed by atoms with Gasteiger partial charge in [0.2, 0.25) is 15.9 Å². The van der Waals surface area contributed by atoms with Crippen LogP contribution in [0.25, 0.3) is 10.2 Å². The molecule has 0 aliphatic carbocycles. The number of primary sulfonamides is 1. The molecule has 0 saturated carbocycles. The maximum atomic E-state index is 11.8. The first-order valence-corrected chi connectivity index (χ1v) is 9.43. The van der Waals surface area contributed by atoms with Crippen molar-refractivity contribution in [3.8, 4) is 0 Å². The Morgan fingerprint density at radius 1 is 1.38 bits per heavy atom. The quantitative estimate of drug-likeness (QED) is 0.778. The summed E-state index contributed by atoms with van der Waals surface area (Å²) in [6.45, 7) is 1.72. The number of carbonyl (C=O) groups is 2. The first-order chi connectivity index (χ1) is 11.3. The predicted molar refractivity (Wildman–Crippen MR) is 88.7 cm³/mol. The number of aromatic nitrogens is 1. The molecular formula is C14H17N3O5S2. The van der Waals surface area contributed by atoms with Gasteiger partial charge in [0.25, 0.3) is 0 Å². The first-order valence-electron chi connectivity index (χ1n) is 7.06. The van der Waals surface area contributed by atoms with Crippen LogP contribution in [-0.2, 0) is 30.9 Å². The number of rotatable bonds is 5. The smallest absolute Gasteiger partial charge is 0.325 e. The van der Waals surface area contributed by atoms with Crippen molar-refractivity contribution in [1.82, 2.24) is 4.57 Å². The van der Waals surface area contributed by atoms with Crippen molar-refractivity contribution in [3.63, 3.8) is 0 Å². The van der Waals surface area contributed by atoms with Gasteiger partial charge in [0.15, 0.2) is 4.80 Å². The number of esters is 1. The largest absolute Gasteiger partial charge is 0.468 e. The maximum Gasteiger partial charge on any atom is 0.325 e. The summed E-state index contributed by atoms with van der Waals surface area (Å²) in [5, 5.41) is 5.13. The highest BCUT2D eigenvalue weighted by atomic mass is 32.2. The van der Waals surface area contributed by atoms with Crippen LogP contribution in [0.3, 0.4) is 0 Å². The lowest BCUT2D eigenvalue weighted by molar-refractivity contribution is -0.141. The number of ether oxygens (including phenoxy) is 1. The fraction of sp³-hybridized carbons (Fsp3) is 0.357. The normalized spacial score (nSPS) is 12.5. The van der Waals surface area contributed by atoms with Crippen LogP contribution in [-0.4, -0.2) is 32.0 Å². The Kier molecular flexibility index (Phi) is 5.52. The van der Waals surface area contributed by atoms with E-state index in [2.05, 4.69) is 9.73 Å². The van der Waals surface area contributed by atoms with Gasteiger partial charge in [-0.3, -0.25) is 9.59 Å². The van der Waals surface area contributed by atoms with Gasteiger partial charge in [0, 0.05) is 6.42 Å². The van der Waals surface area contributed by atoms with E-state index in [-0.39, 0.29) is 23.8 Å². The standard InChI is InChI=1S/C14H17N3O5S2/c1-3-4-12(18)16-14-17(8-13(19)22-2)10-6-5-9(24(15,20)21)7-11(10)23-14/h5-7H,3-4,8H2,1-2H3,(H2,15,20,21). The molecule has 0 aliphatic heterocycles. The predicted octanol–water partition coefficient (Wildman–Crippen LogP) is 0.751. The molecule has 1 amide bonds. The average molecular weight is 371 g/mol. The van der Waals surface area contributed by atoms with Crippen molar-refractivity contribution in [3.05, 3.63) is 23.0 Å². The molecule has 2 aromatic rings. The Morgan fingerprint density at radius 3 is 2.67 bits per heavy atom. The number of sulfonamides is 1. The zero-order valence-corrected chi connectivity index (χ0v) is 14.8. The summed E-state index contributed by atoms with van der Waals surface area (Å²) in [5.41, 5.74) is 0.570. The minimum Gasteiger partial charge on any atom is -0.468 e. The molecule has 0 fully saturated rings. The highest BCUT2D eigenvalue weighted by Gasteiger charge is 2.15. The third-order valence-electron chi connectivity index (χ3n) is 3.18. The number of nitrogens with two attached hydrogens (primary N) is 1. The lowest BCUT2D eigenvalue weighted by Gasteiger charge is -2.04. The monoisotopic (exact) mass is 371 g/mol. The van der Waals surface area contributed by atoms with E-state index in [1.54, 1.807) is 0 Å². The summed E-state index contributed by atoms with van der Waals surface area (Å²) in [7, 11) is -2.59. The van der Waals surface area contributed by atoms with Crippen LogP contribution < -0.4 is 9.94 Å². The number of fused-ring (bicyclic) bond motifs is 1.